The number of benzene rings is 2. The summed E-state index contributed by atoms with van der Waals surface area (Å²) >= 11 is 1.43. The molecule has 4 aliphatic rings. The van der Waals surface area contributed by atoms with E-state index in [4.69, 9.17) is 9.47 Å². The molecule has 0 aliphatic carbocycles. The lowest BCUT2D eigenvalue weighted by molar-refractivity contribution is -0.124. The number of aryl methyl sites for hydroxylation is 1. The minimum atomic E-state index is -1.10. The highest BCUT2D eigenvalue weighted by molar-refractivity contribution is 8.02. The van der Waals surface area contributed by atoms with Crippen molar-refractivity contribution in [2.45, 2.75) is 50.4 Å². The molecule has 1 saturated heterocycles. The van der Waals surface area contributed by atoms with E-state index < -0.39 is 4.87 Å². The zero-order chi connectivity index (χ0) is 22.4. The molecule has 2 aromatic carbocycles. The first kappa shape index (κ1) is 20.0. The average molecular weight is 451 g/mol. The molecule has 32 heavy (non-hydrogen) atoms. The molecule has 0 bridgehead atoms. The number of rotatable bonds is 1. The van der Waals surface area contributed by atoms with Gasteiger partial charge in [0.15, 0.2) is 11.5 Å². The van der Waals surface area contributed by atoms with Crippen molar-refractivity contribution in [2.24, 2.45) is 0 Å². The Morgan fingerprint density at radius 1 is 1.03 bits per heavy atom. The van der Waals surface area contributed by atoms with Gasteiger partial charge in [-0.2, -0.15) is 0 Å². The molecule has 2 atom stereocenters. The van der Waals surface area contributed by atoms with Gasteiger partial charge < -0.3 is 14.4 Å². The van der Waals surface area contributed by atoms with E-state index in [-0.39, 0.29) is 23.1 Å². The number of fused-ring (bicyclic) bond motifs is 2. The van der Waals surface area contributed by atoms with E-state index in [0.717, 1.165) is 23.2 Å². The Balaban J connectivity index is 1.59. The highest BCUT2D eigenvalue weighted by atomic mass is 32.2. The summed E-state index contributed by atoms with van der Waals surface area (Å²) in [6.45, 7) is 9.53. The van der Waals surface area contributed by atoms with Gasteiger partial charge in [-0.3, -0.25) is 14.5 Å². The van der Waals surface area contributed by atoms with Crippen LogP contribution in [0.25, 0.3) is 0 Å². The number of hydrogen-bond donors (Lipinski definition) is 0. The third-order valence-corrected chi connectivity index (χ3v) is 8.45. The molecule has 7 heteroatoms. The van der Waals surface area contributed by atoms with Gasteiger partial charge in [-0.05, 0) is 50.8 Å². The lowest BCUT2D eigenvalue weighted by Crippen LogP contribution is -2.56. The predicted molar refractivity (Wildman–Crippen MR) is 125 cm³/mol. The SMILES string of the molecule is Cc1cc2c3c(c1)[C@]1(SCC(=O)N1c1ccc4c(c1)OCCO4)C(=O)N3C(C)(C)C[C@H]2C. The van der Waals surface area contributed by atoms with Crippen LogP contribution in [0.3, 0.4) is 0 Å². The maximum absolute atomic E-state index is 14.3. The van der Waals surface area contributed by atoms with Gasteiger partial charge in [0.1, 0.15) is 13.2 Å². The summed E-state index contributed by atoms with van der Waals surface area (Å²) in [5, 5.41) is 0. The van der Waals surface area contributed by atoms with E-state index in [1.807, 2.05) is 23.1 Å². The van der Waals surface area contributed by atoms with Crippen molar-refractivity contribution < 1.29 is 19.1 Å². The molecule has 6 rings (SSSR count). The summed E-state index contributed by atoms with van der Waals surface area (Å²) in [6, 6.07) is 9.82. The molecule has 0 aromatic heterocycles. The van der Waals surface area contributed by atoms with Gasteiger partial charge in [0.05, 0.1) is 11.4 Å². The summed E-state index contributed by atoms with van der Waals surface area (Å²) < 4.78 is 11.4. The Labute approximate surface area is 191 Å². The van der Waals surface area contributed by atoms with Crippen molar-refractivity contribution in [3.8, 4) is 11.5 Å². The van der Waals surface area contributed by atoms with Crippen molar-refractivity contribution in [3.05, 3.63) is 47.0 Å². The third-order valence-electron chi connectivity index (χ3n) is 7.06. The first-order chi connectivity index (χ1) is 15.2. The summed E-state index contributed by atoms with van der Waals surface area (Å²) in [4.78, 5) is 30.2. The first-order valence-electron chi connectivity index (χ1n) is 11.1. The van der Waals surface area contributed by atoms with E-state index >= 15 is 0 Å². The predicted octanol–water partition coefficient (Wildman–Crippen LogP) is 4.33. The van der Waals surface area contributed by atoms with Gasteiger partial charge in [0.2, 0.25) is 10.8 Å². The largest absolute Gasteiger partial charge is 0.486 e. The van der Waals surface area contributed by atoms with Gasteiger partial charge in [0, 0.05) is 22.9 Å². The van der Waals surface area contributed by atoms with Crippen LogP contribution in [0.4, 0.5) is 11.4 Å². The highest BCUT2D eigenvalue weighted by Gasteiger charge is 2.64. The first-order valence-corrected chi connectivity index (χ1v) is 12.1. The number of amides is 2. The fourth-order valence-electron chi connectivity index (χ4n) is 5.91. The van der Waals surface area contributed by atoms with E-state index in [1.54, 1.807) is 4.90 Å². The fourth-order valence-corrected chi connectivity index (χ4v) is 7.23. The van der Waals surface area contributed by atoms with Gasteiger partial charge in [-0.25, -0.2) is 0 Å². The van der Waals surface area contributed by atoms with E-state index in [9.17, 15) is 9.59 Å². The molecule has 166 valence electrons. The van der Waals surface area contributed by atoms with Crippen LogP contribution in [0.5, 0.6) is 11.5 Å². The van der Waals surface area contributed by atoms with Gasteiger partial charge in [-0.1, -0.05) is 24.6 Å². The monoisotopic (exact) mass is 450 g/mol. The van der Waals surface area contributed by atoms with Crippen LogP contribution >= 0.6 is 11.8 Å². The van der Waals surface area contributed by atoms with Crippen molar-refractivity contribution in [2.75, 3.05) is 28.8 Å². The Morgan fingerprint density at radius 2 is 1.78 bits per heavy atom. The normalized spacial score (nSPS) is 27.3. The van der Waals surface area contributed by atoms with Crippen molar-refractivity contribution in [1.82, 2.24) is 0 Å². The molecule has 1 fully saturated rings. The van der Waals surface area contributed by atoms with Crippen LogP contribution in [0.1, 0.15) is 49.8 Å². The highest BCUT2D eigenvalue weighted by Crippen LogP contribution is 2.61. The molecule has 0 saturated carbocycles. The number of anilines is 2. The van der Waals surface area contributed by atoms with Gasteiger partial charge in [0.25, 0.3) is 5.91 Å². The minimum Gasteiger partial charge on any atom is -0.486 e. The molecule has 4 aliphatic heterocycles. The topological polar surface area (TPSA) is 59.1 Å². The van der Waals surface area contributed by atoms with Crippen LogP contribution in [0, 0.1) is 6.92 Å². The number of thioether (sulfide) groups is 1. The van der Waals surface area contributed by atoms with Gasteiger partial charge >= 0.3 is 0 Å². The smallest absolute Gasteiger partial charge is 0.269 e. The zero-order valence-electron chi connectivity index (χ0n) is 18.7. The third kappa shape index (κ3) is 2.43. The Morgan fingerprint density at radius 3 is 2.56 bits per heavy atom. The molecular formula is C25H26N2O4S. The number of nitrogens with zero attached hydrogens (tertiary/aromatic N) is 2. The van der Waals surface area contributed by atoms with Crippen LogP contribution in [-0.4, -0.2) is 36.3 Å². The molecule has 0 N–H and O–H groups in total. The molecule has 0 unspecified atom stereocenters. The van der Waals surface area contributed by atoms with Crippen molar-refractivity contribution in [3.63, 3.8) is 0 Å². The van der Waals surface area contributed by atoms with Crippen molar-refractivity contribution in [1.29, 1.82) is 0 Å². The Kier molecular flexibility index (Phi) is 4.02. The van der Waals surface area contributed by atoms with Crippen LogP contribution < -0.4 is 19.3 Å². The summed E-state index contributed by atoms with van der Waals surface area (Å²) in [6.07, 6.45) is 0.882. The number of carbonyl (C=O) groups excluding carboxylic acids is 2. The number of ether oxygens (including phenoxy) is 2. The summed E-state index contributed by atoms with van der Waals surface area (Å²) in [5.74, 6) is 1.77. The summed E-state index contributed by atoms with van der Waals surface area (Å²) in [7, 11) is 0. The van der Waals surface area contributed by atoms with E-state index in [2.05, 4.69) is 39.8 Å². The molecule has 4 heterocycles. The molecule has 2 amide bonds. The van der Waals surface area contributed by atoms with Crippen molar-refractivity contribution >= 4 is 35.0 Å². The number of hydrogen-bond acceptors (Lipinski definition) is 5. The standard InChI is InChI=1S/C25H26N2O4S/c1-14-9-17-15(2)12-24(3,4)27-22(17)18(10-14)25(23(27)29)26(21(28)13-32-25)16-5-6-19-20(11-16)31-8-7-30-19/h5-6,9-11,15H,7-8,12-13H2,1-4H3/t15-,25+/m1/s1. The minimum absolute atomic E-state index is 0.0259. The molecule has 0 radical (unpaired) electrons. The fraction of sp³-hybridized carbons (Fsp3) is 0.440. The number of carbonyl (C=O) groups is 2. The maximum Gasteiger partial charge on any atom is 0.269 e. The lowest BCUT2D eigenvalue weighted by atomic mass is 9.80. The average Bonchev–Trinajstić information content (AvgIpc) is 3.22. The molecule has 2 aromatic rings. The second-order valence-corrected chi connectivity index (χ2v) is 11.0. The molecule has 6 nitrogen and oxygen atoms in total. The lowest BCUT2D eigenvalue weighted by Gasteiger charge is -2.44. The second kappa shape index (κ2) is 6.44. The summed E-state index contributed by atoms with van der Waals surface area (Å²) in [5.41, 5.74) is 4.57. The van der Waals surface area contributed by atoms with Crippen LogP contribution in [0.2, 0.25) is 0 Å². The zero-order valence-corrected chi connectivity index (χ0v) is 19.5. The van der Waals surface area contributed by atoms with Crippen LogP contribution in [0.15, 0.2) is 30.3 Å². The second-order valence-electron chi connectivity index (χ2n) is 9.80. The van der Waals surface area contributed by atoms with Crippen LogP contribution in [-0.2, 0) is 14.5 Å². The maximum atomic E-state index is 14.3. The van der Waals surface area contributed by atoms with E-state index in [1.165, 1.54) is 17.3 Å². The Bertz CT molecular complexity index is 1190. The molecule has 1 spiro atoms. The Hall–Kier alpha value is -2.67. The van der Waals surface area contributed by atoms with E-state index in [0.29, 0.717) is 36.3 Å². The quantitative estimate of drug-likeness (QED) is 0.647. The van der Waals surface area contributed by atoms with Gasteiger partial charge in [-0.15, -0.1) is 11.8 Å². The molecular weight excluding hydrogens is 424 g/mol.